The van der Waals surface area contributed by atoms with Crippen molar-refractivity contribution in [3.8, 4) is 0 Å². The lowest BCUT2D eigenvalue weighted by molar-refractivity contribution is -0.146. The molecule has 0 spiro atoms. The summed E-state index contributed by atoms with van der Waals surface area (Å²) < 4.78 is 4.87. The molecule has 1 fully saturated rings. The summed E-state index contributed by atoms with van der Waals surface area (Å²) >= 11 is 0. The molecule has 0 radical (unpaired) electrons. The first-order valence-electron chi connectivity index (χ1n) is 7.34. The molecule has 1 aromatic rings. The van der Waals surface area contributed by atoms with Crippen molar-refractivity contribution in [2.24, 2.45) is 5.92 Å². The number of carbonyl (C=O) groups is 3. The van der Waals surface area contributed by atoms with Gasteiger partial charge in [0, 0.05) is 19.6 Å². The number of ether oxygens (including phenoxy) is 1. The molecule has 2 heterocycles. The lowest BCUT2D eigenvalue weighted by atomic mass is 9.89. The van der Waals surface area contributed by atoms with Gasteiger partial charge >= 0.3 is 5.97 Å². The molecule has 2 aliphatic heterocycles. The third-order valence-corrected chi connectivity index (χ3v) is 4.34. The second-order valence-electron chi connectivity index (χ2n) is 5.63. The van der Waals surface area contributed by atoms with Gasteiger partial charge in [0.25, 0.3) is 0 Å². The number of hydrogen-bond acceptors (Lipinski definition) is 4. The van der Waals surface area contributed by atoms with Crippen molar-refractivity contribution in [1.29, 1.82) is 0 Å². The first kappa shape index (κ1) is 14.6. The van der Waals surface area contributed by atoms with E-state index in [2.05, 4.69) is 5.32 Å². The van der Waals surface area contributed by atoms with Crippen molar-refractivity contribution in [1.82, 2.24) is 10.2 Å². The summed E-state index contributed by atoms with van der Waals surface area (Å²) in [6, 6.07) is 7.54. The molecule has 22 heavy (non-hydrogen) atoms. The van der Waals surface area contributed by atoms with E-state index in [4.69, 9.17) is 4.74 Å². The largest absolute Gasteiger partial charge is 0.468 e. The number of rotatable bonds is 2. The minimum absolute atomic E-state index is 0.210. The molecule has 3 rings (SSSR count). The third-order valence-electron chi connectivity index (χ3n) is 4.34. The van der Waals surface area contributed by atoms with Crippen LogP contribution < -0.4 is 5.32 Å². The molecule has 0 aliphatic carbocycles. The summed E-state index contributed by atoms with van der Waals surface area (Å²) in [5, 5.41) is 2.68. The van der Waals surface area contributed by atoms with Crippen molar-refractivity contribution >= 4 is 17.8 Å². The van der Waals surface area contributed by atoms with E-state index in [0.717, 1.165) is 11.1 Å². The Morgan fingerprint density at radius 1 is 1.27 bits per heavy atom. The van der Waals surface area contributed by atoms with Gasteiger partial charge in [-0.15, -0.1) is 0 Å². The third kappa shape index (κ3) is 2.45. The fraction of sp³-hybridized carbons (Fsp3) is 0.438. The zero-order chi connectivity index (χ0) is 15.7. The average molecular weight is 302 g/mol. The zero-order valence-corrected chi connectivity index (χ0v) is 12.4. The van der Waals surface area contributed by atoms with Crippen molar-refractivity contribution in [3.63, 3.8) is 0 Å². The van der Waals surface area contributed by atoms with Gasteiger partial charge < -0.3 is 15.0 Å². The van der Waals surface area contributed by atoms with Crippen LogP contribution in [-0.4, -0.2) is 42.9 Å². The van der Waals surface area contributed by atoms with Gasteiger partial charge in [-0.25, -0.2) is 0 Å². The highest BCUT2D eigenvalue weighted by Gasteiger charge is 2.39. The maximum absolute atomic E-state index is 12.6. The Morgan fingerprint density at radius 3 is 2.73 bits per heavy atom. The minimum atomic E-state index is -0.636. The van der Waals surface area contributed by atoms with Gasteiger partial charge in [-0.3, -0.25) is 14.4 Å². The van der Waals surface area contributed by atoms with Crippen LogP contribution in [0.4, 0.5) is 0 Å². The van der Waals surface area contributed by atoms with E-state index in [-0.39, 0.29) is 24.3 Å². The van der Waals surface area contributed by atoms with Gasteiger partial charge in [0.05, 0.1) is 13.0 Å². The molecule has 6 heteroatoms. The molecule has 116 valence electrons. The second-order valence-corrected chi connectivity index (χ2v) is 5.63. The number of benzene rings is 1. The maximum atomic E-state index is 12.6. The van der Waals surface area contributed by atoms with Gasteiger partial charge in [-0.2, -0.15) is 0 Å². The van der Waals surface area contributed by atoms with E-state index in [1.54, 1.807) is 4.90 Å². The number of carbonyl (C=O) groups excluding carboxylic acids is 3. The summed E-state index contributed by atoms with van der Waals surface area (Å²) in [6.45, 7) is 1.21. The quantitative estimate of drug-likeness (QED) is 0.634. The number of amides is 2. The van der Waals surface area contributed by atoms with E-state index in [1.807, 2.05) is 24.3 Å². The summed E-state index contributed by atoms with van der Waals surface area (Å²) in [4.78, 5) is 38.0. The number of hydrogen-bond donors (Lipinski definition) is 1. The average Bonchev–Trinajstić information content (AvgIpc) is 2.98. The van der Waals surface area contributed by atoms with Gasteiger partial charge in [0.2, 0.25) is 11.8 Å². The number of fused-ring (bicyclic) bond motifs is 1. The molecule has 2 atom stereocenters. The first-order valence-corrected chi connectivity index (χ1v) is 7.34. The smallest absolute Gasteiger partial charge is 0.314 e. The van der Waals surface area contributed by atoms with Gasteiger partial charge in [0.1, 0.15) is 5.92 Å². The SMILES string of the molecule is COC(=O)C1CN(C(=O)C2CCNC2=O)Cc2ccccc21. The molecule has 0 saturated carbocycles. The van der Waals surface area contributed by atoms with E-state index in [1.165, 1.54) is 7.11 Å². The maximum Gasteiger partial charge on any atom is 0.314 e. The van der Waals surface area contributed by atoms with Gasteiger partial charge in [-0.05, 0) is 17.5 Å². The van der Waals surface area contributed by atoms with Crippen LogP contribution in [0.25, 0.3) is 0 Å². The molecule has 2 aliphatic rings. The molecule has 1 aromatic carbocycles. The summed E-state index contributed by atoms with van der Waals surface area (Å²) in [7, 11) is 1.34. The lowest BCUT2D eigenvalue weighted by Gasteiger charge is -2.34. The fourth-order valence-corrected chi connectivity index (χ4v) is 3.17. The highest BCUT2D eigenvalue weighted by Crippen LogP contribution is 2.30. The highest BCUT2D eigenvalue weighted by atomic mass is 16.5. The van der Waals surface area contributed by atoms with E-state index < -0.39 is 11.8 Å². The van der Waals surface area contributed by atoms with Crippen LogP contribution in [0.3, 0.4) is 0 Å². The van der Waals surface area contributed by atoms with Crippen molar-refractivity contribution in [3.05, 3.63) is 35.4 Å². The first-order chi connectivity index (χ1) is 10.6. The number of nitrogens with one attached hydrogen (secondary N) is 1. The number of nitrogens with zero attached hydrogens (tertiary/aromatic N) is 1. The predicted octanol–water partition coefficient (Wildman–Crippen LogP) is 0.422. The monoisotopic (exact) mass is 302 g/mol. The Labute approximate surface area is 128 Å². The Morgan fingerprint density at radius 2 is 2.05 bits per heavy atom. The molecule has 2 unspecified atom stereocenters. The van der Waals surface area contributed by atoms with Crippen LogP contribution in [0.15, 0.2) is 24.3 Å². The lowest BCUT2D eigenvalue weighted by Crippen LogP contribution is -2.45. The topological polar surface area (TPSA) is 75.7 Å². The standard InChI is InChI=1S/C16H18N2O4/c1-22-16(21)13-9-18(8-10-4-2-3-5-11(10)13)15(20)12-6-7-17-14(12)19/h2-5,12-13H,6-9H2,1H3,(H,17,19). The van der Waals surface area contributed by atoms with Gasteiger partial charge in [0.15, 0.2) is 0 Å². The van der Waals surface area contributed by atoms with E-state index in [0.29, 0.717) is 19.5 Å². The minimum Gasteiger partial charge on any atom is -0.468 e. The Bertz CT molecular complexity index is 628. The Hall–Kier alpha value is -2.37. The predicted molar refractivity (Wildman–Crippen MR) is 77.7 cm³/mol. The van der Waals surface area contributed by atoms with Crippen molar-refractivity contribution in [2.75, 3.05) is 20.2 Å². The molecule has 1 saturated heterocycles. The van der Waals surface area contributed by atoms with Crippen LogP contribution in [0, 0.1) is 5.92 Å². The molecule has 0 aromatic heterocycles. The van der Waals surface area contributed by atoms with Gasteiger partial charge in [-0.1, -0.05) is 24.3 Å². The summed E-state index contributed by atoms with van der Waals surface area (Å²) in [6.07, 6.45) is 0.513. The van der Waals surface area contributed by atoms with Crippen LogP contribution in [-0.2, 0) is 25.7 Å². The van der Waals surface area contributed by atoms with Crippen molar-refractivity contribution < 1.29 is 19.1 Å². The molecular formula is C16H18N2O4. The highest BCUT2D eigenvalue weighted by molar-refractivity contribution is 6.01. The molecule has 2 amide bonds. The van der Waals surface area contributed by atoms with E-state index >= 15 is 0 Å². The molecule has 0 bridgehead atoms. The summed E-state index contributed by atoms with van der Waals surface area (Å²) in [5.41, 5.74) is 1.82. The molecule has 6 nitrogen and oxygen atoms in total. The molecule has 1 N–H and O–H groups in total. The number of esters is 1. The Balaban J connectivity index is 1.88. The number of methoxy groups -OCH3 is 1. The zero-order valence-electron chi connectivity index (χ0n) is 12.4. The van der Waals surface area contributed by atoms with Crippen LogP contribution >= 0.6 is 0 Å². The van der Waals surface area contributed by atoms with E-state index in [9.17, 15) is 14.4 Å². The Kier molecular flexibility index (Phi) is 3.83. The van der Waals surface area contributed by atoms with Crippen LogP contribution in [0.2, 0.25) is 0 Å². The summed E-state index contributed by atoms with van der Waals surface area (Å²) in [5.74, 6) is -1.93. The van der Waals surface area contributed by atoms with Crippen molar-refractivity contribution in [2.45, 2.75) is 18.9 Å². The molecular weight excluding hydrogens is 284 g/mol. The van der Waals surface area contributed by atoms with Crippen LogP contribution in [0.1, 0.15) is 23.5 Å². The van der Waals surface area contributed by atoms with Crippen LogP contribution in [0.5, 0.6) is 0 Å². The fourth-order valence-electron chi connectivity index (χ4n) is 3.17. The second kappa shape index (κ2) is 5.79. The normalized spacial score (nSPS) is 23.7.